The van der Waals surface area contributed by atoms with Gasteiger partial charge in [-0.1, -0.05) is 0 Å². The van der Waals surface area contributed by atoms with Gasteiger partial charge in [-0.05, 0) is 0 Å². The maximum Gasteiger partial charge on any atom is 0.253 e. The van der Waals surface area contributed by atoms with E-state index in [4.69, 9.17) is 4.74 Å². The number of aromatic nitrogens is 3. The van der Waals surface area contributed by atoms with E-state index < -0.39 is 29.2 Å². The van der Waals surface area contributed by atoms with Crippen LogP contribution in [0, 0.1) is 23.5 Å². The molecule has 9 heteroatoms. The standard InChI is InChI=1S/C11H10F4N4O/c1-20-3-2-19-5-6(4-16-19)17-9-7(12)10(14)18-11(15)8(9)13/h4-5H,2-3H2,1H3,(H,17,18). The Labute approximate surface area is 111 Å². The molecule has 0 radical (unpaired) electrons. The molecule has 0 aliphatic rings. The Morgan fingerprint density at radius 3 is 2.45 bits per heavy atom. The second kappa shape index (κ2) is 5.87. The molecule has 5 nitrogen and oxygen atoms in total. The largest absolute Gasteiger partial charge is 0.383 e. The van der Waals surface area contributed by atoms with Crippen LogP contribution >= 0.6 is 0 Å². The van der Waals surface area contributed by atoms with Crippen LogP contribution in [0.2, 0.25) is 0 Å². The molecule has 20 heavy (non-hydrogen) atoms. The van der Waals surface area contributed by atoms with E-state index in [2.05, 4.69) is 15.4 Å². The average molecular weight is 290 g/mol. The van der Waals surface area contributed by atoms with Crippen molar-refractivity contribution in [1.29, 1.82) is 0 Å². The Balaban J connectivity index is 2.24. The summed E-state index contributed by atoms with van der Waals surface area (Å²) >= 11 is 0. The van der Waals surface area contributed by atoms with Crippen molar-refractivity contribution in [2.45, 2.75) is 6.54 Å². The van der Waals surface area contributed by atoms with Crippen molar-refractivity contribution in [2.24, 2.45) is 0 Å². The summed E-state index contributed by atoms with van der Waals surface area (Å²) in [5, 5.41) is 6.11. The predicted octanol–water partition coefficient (Wildman–Crippen LogP) is 2.22. The minimum absolute atomic E-state index is 0.170. The Morgan fingerprint density at radius 2 is 1.85 bits per heavy atom. The summed E-state index contributed by atoms with van der Waals surface area (Å²) in [6.45, 7) is 0.810. The zero-order valence-corrected chi connectivity index (χ0v) is 10.3. The molecule has 0 fully saturated rings. The summed E-state index contributed by atoms with van der Waals surface area (Å²) < 4.78 is 58.9. The number of nitrogens with one attached hydrogen (secondary N) is 1. The lowest BCUT2D eigenvalue weighted by molar-refractivity contribution is 0.183. The summed E-state index contributed by atoms with van der Waals surface area (Å²) in [4.78, 5) is 2.46. The third kappa shape index (κ3) is 2.87. The third-order valence-corrected chi connectivity index (χ3v) is 2.42. The molecule has 0 aliphatic carbocycles. The van der Waals surface area contributed by atoms with Crippen molar-refractivity contribution < 1.29 is 22.3 Å². The molecule has 2 rings (SSSR count). The smallest absolute Gasteiger partial charge is 0.253 e. The lowest BCUT2D eigenvalue weighted by Crippen LogP contribution is -2.06. The number of hydrogen-bond acceptors (Lipinski definition) is 4. The maximum absolute atomic E-state index is 13.4. The van der Waals surface area contributed by atoms with Gasteiger partial charge in [0.25, 0.3) is 11.9 Å². The fourth-order valence-electron chi connectivity index (χ4n) is 1.48. The van der Waals surface area contributed by atoms with Crippen LogP contribution in [0.1, 0.15) is 0 Å². The number of rotatable bonds is 5. The van der Waals surface area contributed by atoms with E-state index in [-0.39, 0.29) is 5.69 Å². The van der Waals surface area contributed by atoms with Crippen molar-refractivity contribution in [2.75, 3.05) is 19.0 Å². The van der Waals surface area contributed by atoms with Crippen molar-refractivity contribution >= 4 is 11.4 Å². The van der Waals surface area contributed by atoms with Crippen LogP contribution in [-0.4, -0.2) is 28.5 Å². The zero-order chi connectivity index (χ0) is 14.7. The van der Waals surface area contributed by atoms with Crippen LogP contribution in [0.4, 0.5) is 28.9 Å². The summed E-state index contributed by atoms with van der Waals surface area (Å²) in [7, 11) is 1.51. The van der Waals surface area contributed by atoms with Gasteiger partial charge in [-0.15, -0.1) is 0 Å². The summed E-state index contributed by atoms with van der Waals surface area (Å²) in [6, 6.07) is 0. The molecule has 0 amide bonds. The number of ether oxygens (including phenoxy) is 1. The minimum Gasteiger partial charge on any atom is -0.383 e. The van der Waals surface area contributed by atoms with Crippen molar-refractivity contribution in [3.63, 3.8) is 0 Å². The average Bonchev–Trinajstić information content (AvgIpc) is 2.87. The number of nitrogens with zero attached hydrogens (tertiary/aromatic N) is 3. The number of methoxy groups -OCH3 is 1. The first kappa shape index (κ1) is 14.3. The lowest BCUT2D eigenvalue weighted by Gasteiger charge is -2.07. The van der Waals surface area contributed by atoms with E-state index in [1.165, 1.54) is 24.2 Å². The molecule has 0 unspecified atom stereocenters. The first-order chi connectivity index (χ1) is 9.52. The quantitative estimate of drug-likeness (QED) is 0.677. The number of anilines is 2. The number of halogens is 4. The third-order valence-electron chi connectivity index (χ3n) is 2.42. The van der Waals surface area contributed by atoms with Gasteiger partial charge < -0.3 is 10.1 Å². The van der Waals surface area contributed by atoms with Gasteiger partial charge in [0.15, 0.2) is 0 Å². The molecule has 1 N–H and O–H groups in total. The maximum atomic E-state index is 13.4. The molecule has 0 spiro atoms. The van der Waals surface area contributed by atoms with Crippen molar-refractivity contribution in [1.82, 2.24) is 14.8 Å². The first-order valence-corrected chi connectivity index (χ1v) is 5.51. The summed E-state index contributed by atoms with van der Waals surface area (Å²) in [5.41, 5.74) is -0.787. The Hall–Kier alpha value is -2.16. The SMILES string of the molecule is COCCn1cc(Nc2c(F)c(F)nc(F)c2F)cn1. The normalized spacial score (nSPS) is 10.8. The molecule has 108 valence electrons. The molecule has 0 aliphatic heterocycles. The van der Waals surface area contributed by atoms with Crippen molar-refractivity contribution in [3.05, 3.63) is 35.9 Å². The fourth-order valence-corrected chi connectivity index (χ4v) is 1.48. The highest BCUT2D eigenvalue weighted by Crippen LogP contribution is 2.25. The fraction of sp³-hybridized carbons (Fsp3) is 0.273. The van der Waals surface area contributed by atoms with Crippen LogP contribution in [-0.2, 0) is 11.3 Å². The van der Waals surface area contributed by atoms with E-state index in [0.717, 1.165) is 0 Å². The Morgan fingerprint density at radius 1 is 1.20 bits per heavy atom. The highest BCUT2D eigenvalue weighted by Gasteiger charge is 2.21. The highest BCUT2D eigenvalue weighted by atomic mass is 19.2. The van der Waals surface area contributed by atoms with Crippen LogP contribution in [0.25, 0.3) is 0 Å². The molecule has 2 aromatic rings. The zero-order valence-electron chi connectivity index (χ0n) is 10.3. The molecular weight excluding hydrogens is 280 g/mol. The molecule has 0 aromatic carbocycles. The van der Waals surface area contributed by atoms with Gasteiger partial charge in [0.1, 0.15) is 5.69 Å². The Kier molecular flexibility index (Phi) is 4.18. The van der Waals surface area contributed by atoms with Gasteiger partial charge in [0.2, 0.25) is 11.6 Å². The minimum atomic E-state index is -1.72. The van der Waals surface area contributed by atoms with E-state index in [9.17, 15) is 17.6 Å². The van der Waals surface area contributed by atoms with E-state index >= 15 is 0 Å². The van der Waals surface area contributed by atoms with Crippen LogP contribution in [0.15, 0.2) is 12.4 Å². The highest BCUT2D eigenvalue weighted by molar-refractivity contribution is 5.59. The van der Waals surface area contributed by atoms with Crippen LogP contribution in [0.3, 0.4) is 0 Å². The number of hydrogen-bond donors (Lipinski definition) is 1. The molecule has 2 heterocycles. The van der Waals surface area contributed by atoms with Gasteiger partial charge in [0.05, 0.1) is 25.0 Å². The molecular formula is C11H10F4N4O. The van der Waals surface area contributed by atoms with Gasteiger partial charge in [-0.2, -0.15) is 27.6 Å². The molecule has 0 atom stereocenters. The Bertz CT molecular complexity index is 590. The summed E-state index contributed by atoms with van der Waals surface area (Å²) in [6.07, 6.45) is 2.67. The van der Waals surface area contributed by atoms with E-state index in [1.54, 1.807) is 0 Å². The van der Waals surface area contributed by atoms with Gasteiger partial charge >= 0.3 is 0 Å². The predicted molar refractivity (Wildman–Crippen MR) is 61.5 cm³/mol. The lowest BCUT2D eigenvalue weighted by atomic mass is 10.3. The van der Waals surface area contributed by atoms with Gasteiger partial charge in [-0.3, -0.25) is 4.68 Å². The second-order valence-electron chi connectivity index (χ2n) is 3.81. The number of pyridine rings is 1. The molecule has 2 aromatic heterocycles. The van der Waals surface area contributed by atoms with Crippen molar-refractivity contribution in [3.8, 4) is 0 Å². The topological polar surface area (TPSA) is 52.0 Å². The second-order valence-corrected chi connectivity index (χ2v) is 3.81. The molecule has 0 saturated heterocycles. The van der Waals surface area contributed by atoms with Gasteiger partial charge in [0, 0.05) is 13.3 Å². The molecule has 0 saturated carbocycles. The van der Waals surface area contributed by atoms with Crippen LogP contribution < -0.4 is 5.32 Å². The van der Waals surface area contributed by atoms with E-state index in [0.29, 0.717) is 13.2 Å². The summed E-state index contributed by atoms with van der Waals surface area (Å²) in [5.74, 6) is -6.65. The first-order valence-electron chi connectivity index (χ1n) is 5.51. The van der Waals surface area contributed by atoms with Gasteiger partial charge in [-0.25, -0.2) is 0 Å². The molecule has 0 bridgehead atoms. The van der Waals surface area contributed by atoms with E-state index in [1.807, 2.05) is 0 Å². The van der Waals surface area contributed by atoms with Crippen LogP contribution in [0.5, 0.6) is 0 Å². The monoisotopic (exact) mass is 290 g/mol.